The van der Waals surface area contributed by atoms with Crippen molar-refractivity contribution in [3.63, 3.8) is 0 Å². The van der Waals surface area contributed by atoms with Gasteiger partial charge in [-0.2, -0.15) is 0 Å². The Hall–Kier alpha value is -1.44. The van der Waals surface area contributed by atoms with E-state index in [0.29, 0.717) is 0 Å². The fourth-order valence-electron chi connectivity index (χ4n) is 1.45. The third kappa shape index (κ3) is 3.61. The summed E-state index contributed by atoms with van der Waals surface area (Å²) in [6.45, 7) is 6.61. The summed E-state index contributed by atoms with van der Waals surface area (Å²) in [6, 6.07) is 6.02. The molecule has 88 valence electrons. The maximum absolute atomic E-state index is 5.65. The second-order valence-corrected chi connectivity index (χ2v) is 3.68. The minimum absolute atomic E-state index is 0.744. The van der Waals surface area contributed by atoms with Gasteiger partial charge in [-0.3, -0.25) is 0 Å². The highest BCUT2D eigenvalue weighted by atomic mass is 16.5. The molecule has 2 nitrogen and oxygen atoms in total. The van der Waals surface area contributed by atoms with Crippen molar-refractivity contribution in [2.24, 2.45) is 0 Å². The van der Waals surface area contributed by atoms with Crippen LogP contribution in [-0.4, -0.2) is 13.7 Å². The van der Waals surface area contributed by atoms with E-state index in [-0.39, 0.29) is 0 Å². The number of hydrogen-bond donors (Lipinski definition) is 0. The van der Waals surface area contributed by atoms with Crippen molar-refractivity contribution >= 4 is 0 Å². The topological polar surface area (TPSA) is 18.5 Å². The van der Waals surface area contributed by atoms with E-state index in [0.717, 1.165) is 37.4 Å². The molecule has 2 heteroatoms. The van der Waals surface area contributed by atoms with Gasteiger partial charge >= 0.3 is 0 Å². The average molecular weight is 220 g/mol. The zero-order valence-electron chi connectivity index (χ0n) is 10.2. The molecule has 0 radical (unpaired) electrons. The molecule has 0 atom stereocenters. The van der Waals surface area contributed by atoms with Gasteiger partial charge in [0.25, 0.3) is 0 Å². The lowest BCUT2D eigenvalue weighted by molar-refractivity contribution is 0.288. The first-order valence-corrected chi connectivity index (χ1v) is 5.72. The molecule has 0 aliphatic carbocycles. The Kier molecular flexibility index (Phi) is 5.48. The van der Waals surface area contributed by atoms with E-state index in [1.165, 1.54) is 5.56 Å². The molecule has 0 N–H and O–H groups in total. The quantitative estimate of drug-likeness (QED) is 0.516. The number of unbranched alkanes of at least 4 members (excludes halogenated alkanes) is 1. The Morgan fingerprint density at radius 2 is 2.12 bits per heavy atom. The molecule has 1 aromatic rings. The van der Waals surface area contributed by atoms with Gasteiger partial charge in [0.05, 0.1) is 13.7 Å². The molecule has 0 heterocycles. The van der Waals surface area contributed by atoms with Crippen LogP contribution in [0.15, 0.2) is 30.9 Å². The fraction of sp³-hybridized carbons (Fsp3) is 0.429. The first-order chi connectivity index (χ1) is 7.81. The Morgan fingerprint density at radius 1 is 1.31 bits per heavy atom. The first kappa shape index (κ1) is 12.6. The maximum Gasteiger partial charge on any atom is 0.161 e. The summed E-state index contributed by atoms with van der Waals surface area (Å²) < 4.78 is 11.0. The van der Waals surface area contributed by atoms with Crippen LogP contribution < -0.4 is 9.47 Å². The summed E-state index contributed by atoms with van der Waals surface area (Å²) in [7, 11) is 1.67. The van der Waals surface area contributed by atoms with Crippen LogP contribution in [0.2, 0.25) is 0 Å². The molecule has 0 amide bonds. The third-order valence-electron chi connectivity index (χ3n) is 2.36. The van der Waals surface area contributed by atoms with Gasteiger partial charge in [-0.15, -0.1) is 6.58 Å². The summed E-state index contributed by atoms with van der Waals surface area (Å²) in [5.41, 5.74) is 1.19. The van der Waals surface area contributed by atoms with Crippen molar-refractivity contribution in [2.45, 2.75) is 26.2 Å². The molecule has 0 saturated heterocycles. The van der Waals surface area contributed by atoms with Gasteiger partial charge in [-0.25, -0.2) is 0 Å². The van der Waals surface area contributed by atoms with Crippen molar-refractivity contribution in [1.29, 1.82) is 0 Å². The highest BCUT2D eigenvalue weighted by Gasteiger charge is 2.04. The predicted octanol–water partition coefficient (Wildman–Crippen LogP) is 3.60. The summed E-state index contributed by atoms with van der Waals surface area (Å²) in [6.07, 6.45) is 4.94. The summed E-state index contributed by atoms with van der Waals surface area (Å²) >= 11 is 0. The average Bonchev–Trinajstić information content (AvgIpc) is 2.31. The van der Waals surface area contributed by atoms with E-state index in [1.54, 1.807) is 7.11 Å². The minimum atomic E-state index is 0.744. The highest BCUT2D eigenvalue weighted by Crippen LogP contribution is 2.28. The smallest absolute Gasteiger partial charge is 0.161 e. The van der Waals surface area contributed by atoms with Crippen LogP contribution in [0.5, 0.6) is 11.5 Å². The minimum Gasteiger partial charge on any atom is -0.493 e. The number of hydrogen-bond acceptors (Lipinski definition) is 2. The number of ether oxygens (including phenoxy) is 2. The van der Waals surface area contributed by atoms with Crippen LogP contribution >= 0.6 is 0 Å². The number of rotatable bonds is 7. The molecule has 1 aromatic carbocycles. The van der Waals surface area contributed by atoms with Crippen LogP contribution in [-0.2, 0) is 6.42 Å². The van der Waals surface area contributed by atoms with Crippen LogP contribution in [0.3, 0.4) is 0 Å². The van der Waals surface area contributed by atoms with Crippen LogP contribution in [0.1, 0.15) is 25.3 Å². The molecule has 0 fully saturated rings. The van der Waals surface area contributed by atoms with E-state index in [4.69, 9.17) is 9.47 Å². The third-order valence-corrected chi connectivity index (χ3v) is 2.36. The van der Waals surface area contributed by atoms with E-state index in [9.17, 15) is 0 Å². The van der Waals surface area contributed by atoms with Crippen molar-refractivity contribution < 1.29 is 9.47 Å². The van der Waals surface area contributed by atoms with Crippen LogP contribution in [0.4, 0.5) is 0 Å². The molecule has 0 spiro atoms. The van der Waals surface area contributed by atoms with E-state index < -0.39 is 0 Å². The molecule has 1 rings (SSSR count). The zero-order chi connectivity index (χ0) is 11.8. The summed E-state index contributed by atoms with van der Waals surface area (Å²) in [5, 5.41) is 0. The van der Waals surface area contributed by atoms with Crippen molar-refractivity contribution in [2.75, 3.05) is 13.7 Å². The highest BCUT2D eigenvalue weighted by molar-refractivity contribution is 5.43. The molecule has 0 unspecified atom stereocenters. The first-order valence-electron chi connectivity index (χ1n) is 5.72. The molecular weight excluding hydrogens is 200 g/mol. The monoisotopic (exact) mass is 220 g/mol. The van der Waals surface area contributed by atoms with Gasteiger partial charge in [0.1, 0.15) is 0 Å². The largest absolute Gasteiger partial charge is 0.493 e. The zero-order valence-corrected chi connectivity index (χ0v) is 10.2. The van der Waals surface area contributed by atoms with E-state index >= 15 is 0 Å². The predicted molar refractivity (Wildman–Crippen MR) is 67.3 cm³/mol. The molecular formula is C14H20O2. The van der Waals surface area contributed by atoms with E-state index in [2.05, 4.69) is 13.5 Å². The summed E-state index contributed by atoms with van der Waals surface area (Å²) in [5.74, 6) is 1.62. The lowest BCUT2D eigenvalue weighted by Crippen LogP contribution is -1.99. The van der Waals surface area contributed by atoms with Gasteiger partial charge in [0, 0.05) is 0 Å². The second kappa shape index (κ2) is 6.94. The second-order valence-electron chi connectivity index (χ2n) is 3.68. The lowest BCUT2D eigenvalue weighted by Gasteiger charge is -2.11. The lowest BCUT2D eigenvalue weighted by atomic mass is 10.1. The standard InChI is InChI=1S/C14H20O2/c1-4-6-10-16-13-9-8-12(7-5-2)11-14(13)15-3/h5,8-9,11H,2,4,6-7,10H2,1,3H3. The van der Waals surface area contributed by atoms with Crippen LogP contribution in [0, 0.1) is 0 Å². The molecule has 16 heavy (non-hydrogen) atoms. The molecule has 0 aromatic heterocycles. The number of allylic oxidation sites excluding steroid dienone is 1. The molecule has 0 saturated carbocycles. The normalized spacial score (nSPS) is 9.88. The van der Waals surface area contributed by atoms with Gasteiger partial charge < -0.3 is 9.47 Å². The van der Waals surface area contributed by atoms with Gasteiger partial charge in [-0.05, 0) is 30.5 Å². The van der Waals surface area contributed by atoms with Gasteiger partial charge in [-0.1, -0.05) is 25.5 Å². The van der Waals surface area contributed by atoms with Crippen molar-refractivity contribution in [3.8, 4) is 11.5 Å². The Balaban J connectivity index is 2.72. The van der Waals surface area contributed by atoms with E-state index in [1.807, 2.05) is 24.3 Å². The number of benzene rings is 1. The SMILES string of the molecule is C=CCc1ccc(OCCCC)c(OC)c1. The van der Waals surface area contributed by atoms with Gasteiger partial charge in [0.2, 0.25) is 0 Å². The Bertz CT molecular complexity index is 332. The Labute approximate surface area is 97.9 Å². The molecule has 0 aliphatic heterocycles. The summed E-state index contributed by atoms with van der Waals surface area (Å²) in [4.78, 5) is 0. The Morgan fingerprint density at radius 3 is 2.75 bits per heavy atom. The fourth-order valence-corrected chi connectivity index (χ4v) is 1.45. The van der Waals surface area contributed by atoms with Crippen LogP contribution in [0.25, 0.3) is 0 Å². The molecule has 0 aliphatic rings. The maximum atomic E-state index is 5.65. The van der Waals surface area contributed by atoms with Crippen molar-refractivity contribution in [3.05, 3.63) is 36.4 Å². The number of methoxy groups -OCH3 is 1. The molecule has 0 bridgehead atoms. The van der Waals surface area contributed by atoms with Gasteiger partial charge in [0.15, 0.2) is 11.5 Å². The van der Waals surface area contributed by atoms with Crippen molar-refractivity contribution in [1.82, 2.24) is 0 Å².